The molecule has 0 aliphatic carbocycles. The molecule has 0 saturated carbocycles. The highest BCUT2D eigenvalue weighted by atomic mass is 19.4. The van der Waals surface area contributed by atoms with E-state index < -0.39 is 6.36 Å². The Labute approximate surface area is 167 Å². The van der Waals surface area contributed by atoms with Gasteiger partial charge in [-0.1, -0.05) is 12.1 Å². The predicted octanol–water partition coefficient (Wildman–Crippen LogP) is 3.99. The second-order valence-electron chi connectivity index (χ2n) is 6.07. The number of ether oxygens (including phenoxy) is 1. The number of hydrogen-bond donors (Lipinski definition) is 2. The number of rotatable bonds is 7. The van der Waals surface area contributed by atoms with E-state index in [0.29, 0.717) is 24.3 Å². The molecule has 0 heterocycles. The van der Waals surface area contributed by atoms with Crippen LogP contribution in [0.1, 0.15) is 29.8 Å². The van der Waals surface area contributed by atoms with Crippen molar-refractivity contribution >= 4 is 17.6 Å². The maximum Gasteiger partial charge on any atom is 0.573 e. The van der Waals surface area contributed by atoms with Crippen molar-refractivity contribution in [2.75, 3.05) is 18.4 Å². The molecule has 0 fully saturated rings. The largest absolute Gasteiger partial charge is 0.573 e. The Balaban J connectivity index is 1.93. The van der Waals surface area contributed by atoms with Crippen molar-refractivity contribution in [3.05, 3.63) is 59.7 Å². The van der Waals surface area contributed by atoms with Crippen LogP contribution in [0.3, 0.4) is 0 Å². The van der Waals surface area contributed by atoms with Crippen LogP contribution in [0.2, 0.25) is 0 Å². The summed E-state index contributed by atoms with van der Waals surface area (Å²) in [5.74, 6) is -0.236. The van der Waals surface area contributed by atoms with Gasteiger partial charge in [0.1, 0.15) is 5.75 Å². The van der Waals surface area contributed by atoms with Crippen molar-refractivity contribution in [3.63, 3.8) is 0 Å². The van der Waals surface area contributed by atoms with Gasteiger partial charge in [0.25, 0.3) is 5.91 Å². The number of nitrogens with two attached hydrogens (primary N) is 1. The third-order valence-electron chi connectivity index (χ3n) is 4.04. The Morgan fingerprint density at radius 1 is 1.07 bits per heavy atom. The van der Waals surface area contributed by atoms with Gasteiger partial charge in [-0.15, -0.1) is 13.2 Å². The molecule has 29 heavy (non-hydrogen) atoms. The van der Waals surface area contributed by atoms with E-state index in [9.17, 15) is 18.0 Å². The fraction of sp³-hybridized carbons (Fsp3) is 0.300. The van der Waals surface area contributed by atoms with E-state index in [1.165, 1.54) is 24.3 Å². The lowest BCUT2D eigenvalue weighted by molar-refractivity contribution is -0.274. The minimum Gasteiger partial charge on any atom is -0.406 e. The number of alkyl halides is 3. The van der Waals surface area contributed by atoms with Crippen LogP contribution in [0.15, 0.2) is 53.5 Å². The minimum absolute atomic E-state index is 0.0239. The molecular weight excluding hydrogens is 385 g/mol. The maximum absolute atomic E-state index is 12.3. The molecule has 0 unspecified atom stereocenters. The molecule has 6 nitrogen and oxygen atoms in total. The van der Waals surface area contributed by atoms with Gasteiger partial charge in [-0.25, -0.2) is 4.99 Å². The highest BCUT2D eigenvalue weighted by Crippen LogP contribution is 2.23. The summed E-state index contributed by atoms with van der Waals surface area (Å²) in [7, 11) is 0. The number of nitrogens with one attached hydrogen (secondary N) is 1. The number of amides is 1. The standard InChI is InChI=1S/C20H23F3N4O2/c1-3-27(4-2)18(28)15-7-5-14(6-8-15)13-25-19(24)26-16-9-11-17(12-10-16)29-20(21,22)23/h5-12H,3-4,13H2,1-2H3,(H3,24,25,26). The fourth-order valence-corrected chi connectivity index (χ4v) is 2.55. The fourth-order valence-electron chi connectivity index (χ4n) is 2.55. The first-order valence-corrected chi connectivity index (χ1v) is 9.02. The first-order chi connectivity index (χ1) is 13.7. The Hall–Kier alpha value is -3.23. The predicted molar refractivity (Wildman–Crippen MR) is 106 cm³/mol. The van der Waals surface area contributed by atoms with E-state index in [2.05, 4.69) is 15.0 Å². The van der Waals surface area contributed by atoms with Gasteiger partial charge in [-0.3, -0.25) is 4.79 Å². The number of nitrogens with zero attached hydrogens (tertiary/aromatic N) is 2. The van der Waals surface area contributed by atoms with Gasteiger partial charge in [-0.05, 0) is 55.8 Å². The number of aliphatic imine (C=N–C) groups is 1. The van der Waals surface area contributed by atoms with E-state index in [1.807, 2.05) is 13.8 Å². The van der Waals surface area contributed by atoms with E-state index >= 15 is 0 Å². The quantitative estimate of drug-likeness (QED) is 0.536. The van der Waals surface area contributed by atoms with Gasteiger partial charge in [0, 0.05) is 24.3 Å². The molecule has 3 N–H and O–H groups in total. The monoisotopic (exact) mass is 408 g/mol. The zero-order valence-corrected chi connectivity index (χ0v) is 16.2. The second-order valence-corrected chi connectivity index (χ2v) is 6.07. The molecule has 2 aromatic rings. The molecule has 156 valence electrons. The first-order valence-electron chi connectivity index (χ1n) is 9.02. The molecule has 0 spiro atoms. The van der Waals surface area contributed by atoms with Crippen LogP contribution in [0.4, 0.5) is 18.9 Å². The van der Waals surface area contributed by atoms with Crippen LogP contribution >= 0.6 is 0 Å². The van der Waals surface area contributed by atoms with Crippen molar-refractivity contribution in [2.24, 2.45) is 10.7 Å². The summed E-state index contributed by atoms with van der Waals surface area (Å²) in [6, 6.07) is 12.2. The van der Waals surface area contributed by atoms with Gasteiger partial charge >= 0.3 is 6.36 Å². The van der Waals surface area contributed by atoms with Gasteiger partial charge < -0.3 is 20.7 Å². The third kappa shape index (κ3) is 7.02. The molecule has 0 saturated heterocycles. The van der Waals surface area contributed by atoms with Gasteiger partial charge in [-0.2, -0.15) is 0 Å². The van der Waals surface area contributed by atoms with Crippen LogP contribution in [0, 0.1) is 0 Å². The van der Waals surface area contributed by atoms with Gasteiger partial charge in [0.2, 0.25) is 0 Å². The molecule has 0 radical (unpaired) electrons. The lowest BCUT2D eigenvalue weighted by atomic mass is 10.1. The third-order valence-corrected chi connectivity index (χ3v) is 4.04. The number of halogens is 3. The van der Waals surface area contributed by atoms with E-state index in [1.54, 1.807) is 29.2 Å². The number of anilines is 1. The van der Waals surface area contributed by atoms with Crippen LogP contribution < -0.4 is 15.8 Å². The van der Waals surface area contributed by atoms with Crippen molar-refractivity contribution in [1.82, 2.24) is 4.90 Å². The van der Waals surface area contributed by atoms with E-state index in [-0.39, 0.29) is 24.2 Å². The molecular formula is C20H23F3N4O2. The van der Waals surface area contributed by atoms with Crippen molar-refractivity contribution < 1.29 is 22.7 Å². The lowest BCUT2D eigenvalue weighted by Gasteiger charge is -2.18. The average molecular weight is 408 g/mol. The highest BCUT2D eigenvalue weighted by Gasteiger charge is 2.30. The summed E-state index contributed by atoms with van der Waals surface area (Å²) in [5.41, 5.74) is 7.75. The summed E-state index contributed by atoms with van der Waals surface area (Å²) in [5, 5.41) is 2.79. The van der Waals surface area contributed by atoms with E-state index in [4.69, 9.17) is 5.73 Å². The molecule has 2 aromatic carbocycles. The number of carbonyl (C=O) groups is 1. The van der Waals surface area contributed by atoms with Crippen LogP contribution in [0.25, 0.3) is 0 Å². The smallest absolute Gasteiger partial charge is 0.406 e. The van der Waals surface area contributed by atoms with Crippen molar-refractivity contribution in [1.29, 1.82) is 0 Å². The maximum atomic E-state index is 12.3. The number of hydrogen-bond acceptors (Lipinski definition) is 3. The van der Waals surface area contributed by atoms with Crippen molar-refractivity contribution in [3.8, 4) is 5.75 Å². The molecule has 0 atom stereocenters. The summed E-state index contributed by atoms with van der Waals surface area (Å²) < 4.78 is 40.3. The average Bonchev–Trinajstić information content (AvgIpc) is 2.68. The summed E-state index contributed by atoms with van der Waals surface area (Å²) in [4.78, 5) is 18.2. The van der Waals surface area contributed by atoms with Crippen LogP contribution in [0.5, 0.6) is 5.75 Å². The molecule has 0 bridgehead atoms. The Bertz CT molecular complexity index is 830. The molecule has 1 amide bonds. The molecule has 2 rings (SSSR count). The van der Waals surface area contributed by atoms with Crippen LogP contribution in [-0.4, -0.2) is 36.2 Å². The van der Waals surface area contributed by atoms with Gasteiger partial charge in [0.05, 0.1) is 6.54 Å². The zero-order chi connectivity index (χ0) is 21.4. The molecule has 0 aromatic heterocycles. The zero-order valence-electron chi connectivity index (χ0n) is 16.2. The number of benzene rings is 2. The summed E-state index contributed by atoms with van der Waals surface area (Å²) >= 11 is 0. The Morgan fingerprint density at radius 2 is 1.66 bits per heavy atom. The molecule has 0 aliphatic heterocycles. The second kappa shape index (κ2) is 9.81. The van der Waals surface area contributed by atoms with E-state index in [0.717, 1.165) is 5.56 Å². The van der Waals surface area contributed by atoms with Crippen LogP contribution in [-0.2, 0) is 6.54 Å². The van der Waals surface area contributed by atoms with Crippen molar-refractivity contribution in [2.45, 2.75) is 26.8 Å². The number of carbonyl (C=O) groups excluding carboxylic acids is 1. The minimum atomic E-state index is -4.74. The first kappa shape index (κ1) is 22.1. The lowest BCUT2D eigenvalue weighted by Crippen LogP contribution is -2.30. The Morgan fingerprint density at radius 3 is 2.17 bits per heavy atom. The normalized spacial score (nSPS) is 11.8. The SMILES string of the molecule is CCN(CC)C(=O)c1ccc(CN=C(N)Nc2ccc(OC(F)(F)F)cc2)cc1. The topological polar surface area (TPSA) is 80.0 Å². The highest BCUT2D eigenvalue weighted by molar-refractivity contribution is 5.94. The summed E-state index contributed by atoms with van der Waals surface area (Å²) in [6.45, 7) is 5.43. The van der Waals surface area contributed by atoms with Gasteiger partial charge in [0.15, 0.2) is 5.96 Å². The summed E-state index contributed by atoms with van der Waals surface area (Å²) in [6.07, 6.45) is -4.74. The molecule has 0 aliphatic rings. The Kier molecular flexibility index (Phi) is 7.46. The number of guanidine groups is 1. The molecule has 9 heteroatoms.